The third-order valence-electron chi connectivity index (χ3n) is 3.77. The maximum Gasteiger partial charge on any atom is 0.410 e. The number of carbonyl (C=O) groups is 1. The number of anilines is 1. The average molecular weight is 365 g/mol. The summed E-state index contributed by atoms with van der Waals surface area (Å²) in [6.07, 6.45) is -0.0196. The summed E-state index contributed by atoms with van der Waals surface area (Å²) in [4.78, 5) is 27.9. The van der Waals surface area contributed by atoms with E-state index in [0.717, 1.165) is 0 Å². The standard InChI is InChI=1S/C14H15N5O5S/c15-13-16-12(24-17-13)11-5-10(25)6-18(11)14(20)23-7-8-1-3-9(4-2-8)19(21)22/h1-4,10-11,25H,5-7H2,(H2,15,17)/t10-,11-/m0/s1. The highest BCUT2D eigenvalue weighted by Crippen LogP contribution is 2.34. The fraction of sp³-hybridized carbons (Fsp3) is 0.357. The number of nitrogens with two attached hydrogens (primary N) is 1. The van der Waals surface area contributed by atoms with Crippen LogP contribution in [0.2, 0.25) is 0 Å². The normalized spacial score (nSPS) is 19.8. The van der Waals surface area contributed by atoms with Gasteiger partial charge in [-0.25, -0.2) is 4.79 Å². The van der Waals surface area contributed by atoms with E-state index in [9.17, 15) is 14.9 Å². The van der Waals surface area contributed by atoms with Crippen LogP contribution in [0.15, 0.2) is 28.8 Å². The highest BCUT2D eigenvalue weighted by atomic mass is 32.1. The molecule has 0 bridgehead atoms. The molecule has 1 amide bonds. The molecule has 1 aromatic heterocycles. The first-order valence-electron chi connectivity index (χ1n) is 7.38. The van der Waals surface area contributed by atoms with Crippen molar-refractivity contribution in [1.29, 1.82) is 0 Å². The number of amides is 1. The number of ether oxygens (including phenoxy) is 1. The number of hydrogen-bond acceptors (Lipinski definition) is 9. The van der Waals surface area contributed by atoms with Crippen LogP contribution in [0.1, 0.15) is 23.9 Å². The maximum atomic E-state index is 12.4. The van der Waals surface area contributed by atoms with Crippen molar-refractivity contribution in [3.63, 3.8) is 0 Å². The Bertz CT molecular complexity index is 780. The molecule has 0 aliphatic carbocycles. The fourth-order valence-electron chi connectivity index (χ4n) is 2.57. The van der Waals surface area contributed by atoms with Crippen LogP contribution in [0, 0.1) is 10.1 Å². The van der Waals surface area contributed by atoms with E-state index in [1.807, 2.05) is 0 Å². The molecule has 3 rings (SSSR count). The molecule has 1 aliphatic heterocycles. The summed E-state index contributed by atoms with van der Waals surface area (Å²) in [7, 11) is 0. The van der Waals surface area contributed by atoms with E-state index in [1.54, 1.807) is 0 Å². The van der Waals surface area contributed by atoms with Gasteiger partial charge in [0.25, 0.3) is 17.5 Å². The second-order valence-corrected chi connectivity index (χ2v) is 6.26. The van der Waals surface area contributed by atoms with E-state index in [1.165, 1.54) is 29.2 Å². The quantitative estimate of drug-likeness (QED) is 0.476. The Hall–Kier alpha value is -2.82. The molecular formula is C14H15N5O5S. The van der Waals surface area contributed by atoms with Crippen LogP contribution in [-0.4, -0.2) is 37.9 Å². The second-order valence-electron chi connectivity index (χ2n) is 5.53. The third kappa shape index (κ3) is 3.82. The van der Waals surface area contributed by atoms with E-state index >= 15 is 0 Å². The van der Waals surface area contributed by atoms with Crippen molar-refractivity contribution < 1.29 is 19.0 Å². The number of benzene rings is 1. The van der Waals surface area contributed by atoms with Crippen LogP contribution in [0.5, 0.6) is 0 Å². The number of carbonyl (C=O) groups excluding carboxylic acids is 1. The van der Waals surface area contributed by atoms with E-state index in [-0.39, 0.29) is 29.4 Å². The van der Waals surface area contributed by atoms with Crippen molar-refractivity contribution in [3.05, 3.63) is 45.8 Å². The predicted molar refractivity (Wildman–Crippen MR) is 88.8 cm³/mol. The number of rotatable bonds is 4. The summed E-state index contributed by atoms with van der Waals surface area (Å²) < 4.78 is 10.3. The number of aromatic nitrogens is 2. The number of nitrogen functional groups attached to an aromatic ring is 1. The Morgan fingerprint density at radius 3 is 2.80 bits per heavy atom. The highest BCUT2D eigenvalue weighted by Gasteiger charge is 2.39. The summed E-state index contributed by atoms with van der Waals surface area (Å²) >= 11 is 4.40. The molecule has 11 heteroatoms. The first-order chi connectivity index (χ1) is 11.9. The fourth-order valence-corrected chi connectivity index (χ4v) is 2.95. The lowest BCUT2D eigenvalue weighted by Gasteiger charge is -2.21. The summed E-state index contributed by atoms with van der Waals surface area (Å²) in [5.74, 6) is 0.234. The number of non-ortho nitro benzene ring substituents is 1. The predicted octanol–water partition coefficient (Wildman–Crippen LogP) is 1.94. The van der Waals surface area contributed by atoms with E-state index in [2.05, 4.69) is 22.8 Å². The summed E-state index contributed by atoms with van der Waals surface area (Å²) in [6.45, 7) is 0.360. The molecule has 0 saturated carbocycles. The minimum atomic E-state index is -0.559. The molecule has 10 nitrogen and oxygen atoms in total. The minimum Gasteiger partial charge on any atom is -0.445 e. The number of nitrogens with zero attached hydrogens (tertiary/aromatic N) is 4. The van der Waals surface area contributed by atoms with E-state index in [0.29, 0.717) is 18.5 Å². The number of nitro groups is 1. The van der Waals surface area contributed by atoms with Crippen molar-refractivity contribution in [1.82, 2.24) is 15.0 Å². The molecule has 0 unspecified atom stereocenters. The minimum absolute atomic E-state index is 0.00295. The average Bonchev–Trinajstić information content (AvgIpc) is 3.18. The Morgan fingerprint density at radius 2 is 2.20 bits per heavy atom. The Labute approximate surface area is 147 Å². The highest BCUT2D eigenvalue weighted by molar-refractivity contribution is 7.81. The number of hydrogen-bond donors (Lipinski definition) is 2. The first-order valence-corrected chi connectivity index (χ1v) is 7.89. The van der Waals surface area contributed by atoms with Gasteiger partial charge in [0.05, 0.1) is 4.92 Å². The number of thiol groups is 1. The monoisotopic (exact) mass is 365 g/mol. The number of nitro benzene ring substituents is 1. The van der Waals surface area contributed by atoms with Gasteiger partial charge in [0.1, 0.15) is 12.6 Å². The van der Waals surface area contributed by atoms with Crippen LogP contribution >= 0.6 is 12.6 Å². The van der Waals surface area contributed by atoms with Crippen LogP contribution in [0.4, 0.5) is 16.4 Å². The summed E-state index contributed by atoms with van der Waals surface area (Å²) in [5, 5.41) is 14.1. The lowest BCUT2D eigenvalue weighted by molar-refractivity contribution is -0.384. The molecular weight excluding hydrogens is 350 g/mol. The molecule has 1 aromatic carbocycles. The van der Waals surface area contributed by atoms with Gasteiger partial charge in [0.2, 0.25) is 0 Å². The zero-order valence-electron chi connectivity index (χ0n) is 12.9. The van der Waals surface area contributed by atoms with Crippen molar-refractivity contribution >= 4 is 30.4 Å². The topological polar surface area (TPSA) is 138 Å². The molecule has 2 N–H and O–H groups in total. The van der Waals surface area contributed by atoms with E-state index in [4.69, 9.17) is 15.0 Å². The van der Waals surface area contributed by atoms with Gasteiger partial charge in [-0.1, -0.05) is 0 Å². The SMILES string of the molecule is Nc1noc([C@@H]2C[C@H](S)CN2C(=O)OCc2ccc([N+](=O)[O-])cc2)n1. The summed E-state index contributed by atoms with van der Waals surface area (Å²) in [5.41, 5.74) is 6.06. The molecule has 2 aromatic rings. The smallest absolute Gasteiger partial charge is 0.410 e. The molecule has 1 fully saturated rings. The Balaban J connectivity index is 1.64. The van der Waals surface area contributed by atoms with Gasteiger partial charge in [0, 0.05) is 23.9 Å². The molecule has 0 spiro atoms. The maximum absolute atomic E-state index is 12.4. The van der Waals surface area contributed by atoms with Gasteiger partial charge in [-0.05, 0) is 29.3 Å². The third-order valence-corrected chi connectivity index (χ3v) is 4.14. The van der Waals surface area contributed by atoms with Gasteiger partial charge in [-0.3, -0.25) is 15.0 Å². The lowest BCUT2D eigenvalue weighted by atomic mass is 10.2. The molecule has 25 heavy (non-hydrogen) atoms. The Morgan fingerprint density at radius 1 is 1.48 bits per heavy atom. The van der Waals surface area contributed by atoms with E-state index < -0.39 is 17.1 Å². The van der Waals surface area contributed by atoms with Gasteiger partial charge in [0.15, 0.2) is 0 Å². The van der Waals surface area contributed by atoms with Crippen molar-refractivity contribution in [2.75, 3.05) is 12.3 Å². The van der Waals surface area contributed by atoms with Crippen LogP contribution < -0.4 is 5.73 Å². The van der Waals surface area contributed by atoms with Gasteiger partial charge in [-0.2, -0.15) is 17.6 Å². The van der Waals surface area contributed by atoms with Gasteiger partial charge < -0.3 is 15.0 Å². The Kier molecular flexibility index (Phi) is 4.74. The first kappa shape index (κ1) is 17.0. The molecule has 1 aliphatic rings. The lowest BCUT2D eigenvalue weighted by Crippen LogP contribution is -2.32. The molecule has 1 saturated heterocycles. The van der Waals surface area contributed by atoms with Crippen LogP contribution in [0.3, 0.4) is 0 Å². The molecule has 2 heterocycles. The van der Waals surface area contributed by atoms with Crippen molar-refractivity contribution in [3.8, 4) is 0 Å². The molecule has 2 atom stereocenters. The van der Waals surface area contributed by atoms with Crippen LogP contribution in [-0.2, 0) is 11.3 Å². The summed E-state index contributed by atoms with van der Waals surface area (Å²) in [6, 6.07) is 5.33. The largest absolute Gasteiger partial charge is 0.445 e. The zero-order valence-corrected chi connectivity index (χ0v) is 13.8. The van der Waals surface area contributed by atoms with Gasteiger partial charge >= 0.3 is 6.09 Å². The molecule has 0 radical (unpaired) electrons. The molecule has 132 valence electrons. The van der Waals surface area contributed by atoms with Crippen molar-refractivity contribution in [2.24, 2.45) is 0 Å². The van der Waals surface area contributed by atoms with Gasteiger partial charge in [-0.15, -0.1) is 0 Å². The van der Waals surface area contributed by atoms with Crippen LogP contribution in [0.25, 0.3) is 0 Å². The zero-order chi connectivity index (χ0) is 18.0. The number of likely N-dealkylation sites (tertiary alicyclic amines) is 1. The second kappa shape index (κ2) is 6.97. The van der Waals surface area contributed by atoms with Crippen molar-refractivity contribution in [2.45, 2.75) is 24.3 Å².